The lowest BCUT2D eigenvalue weighted by molar-refractivity contribution is -0.145. The lowest BCUT2D eigenvalue weighted by Gasteiger charge is -2.23. The zero-order chi connectivity index (χ0) is 18.7. The number of hydrogen-bond donors (Lipinski definition) is 1. The van der Waals surface area contributed by atoms with Crippen molar-refractivity contribution in [2.24, 2.45) is 0 Å². The first-order chi connectivity index (χ1) is 12.5. The number of amides is 1. The first kappa shape index (κ1) is 18.0. The molecule has 1 N–H and O–H groups in total. The number of carboxylic acid groups (broad SMARTS) is 1. The third-order valence-electron chi connectivity index (χ3n) is 3.80. The van der Waals surface area contributed by atoms with Gasteiger partial charge in [-0.25, -0.2) is 4.79 Å². The highest BCUT2D eigenvalue weighted by atomic mass is 32.2. The summed E-state index contributed by atoms with van der Waals surface area (Å²) < 4.78 is 0.196. The summed E-state index contributed by atoms with van der Waals surface area (Å²) in [6.45, 7) is 0. The zero-order valence-electron chi connectivity index (χ0n) is 13.4. The van der Waals surface area contributed by atoms with E-state index in [2.05, 4.69) is 0 Å². The Morgan fingerprint density at radius 3 is 2.27 bits per heavy atom. The summed E-state index contributed by atoms with van der Waals surface area (Å²) in [5, 5.41) is 9.64. The monoisotopic (exact) mass is 383 g/mol. The largest absolute Gasteiger partial charge is 0.479 e. The first-order valence-corrected chi connectivity index (χ1v) is 8.84. The molecule has 26 heavy (non-hydrogen) atoms. The van der Waals surface area contributed by atoms with Crippen LogP contribution in [-0.4, -0.2) is 32.5 Å². The molecule has 1 amide bonds. The smallest absolute Gasteiger partial charge is 0.331 e. The maximum absolute atomic E-state index is 12.8. The van der Waals surface area contributed by atoms with Gasteiger partial charge in [-0.1, -0.05) is 78.6 Å². The Morgan fingerprint density at radius 2 is 1.69 bits per heavy atom. The summed E-state index contributed by atoms with van der Waals surface area (Å²) in [4.78, 5) is 36.8. The van der Waals surface area contributed by atoms with Crippen molar-refractivity contribution in [2.75, 3.05) is 0 Å². The maximum Gasteiger partial charge on any atom is 0.331 e. The van der Waals surface area contributed by atoms with Crippen molar-refractivity contribution in [1.82, 2.24) is 4.90 Å². The molecule has 0 aliphatic carbocycles. The highest BCUT2D eigenvalue weighted by molar-refractivity contribution is 8.26. The Balaban J connectivity index is 1.93. The number of aldehydes is 1. The van der Waals surface area contributed by atoms with E-state index in [9.17, 15) is 19.5 Å². The van der Waals surface area contributed by atoms with Crippen LogP contribution in [0.3, 0.4) is 0 Å². The molecule has 0 bridgehead atoms. The van der Waals surface area contributed by atoms with Gasteiger partial charge in [0.15, 0.2) is 6.04 Å². The van der Waals surface area contributed by atoms with Crippen molar-refractivity contribution in [2.45, 2.75) is 6.04 Å². The van der Waals surface area contributed by atoms with E-state index >= 15 is 0 Å². The fourth-order valence-electron chi connectivity index (χ4n) is 2.56. The van der Waals surface area contributed by atoms with Crippen LogP contribution in [0.1, 0.15) is 27.5 Å². The molecule has 5 nitrogen and oxygen atoms in total. The van der Waals surface area contributed by atoms with Crippen LogP contribution in [0.15, 0.2) is 59.5 Å². The summed E-state index contributed by atoms with van der Waals surface area (Å²) in [6, 6.07) is 14.0. The topological polar surface area (TPSA) is 74.7 Å². The van der Waals surface area contributed by atoms with E-state index in [1.807, 2.05) is 0 Å². The number of carbonyl (C=O) groups excluding carboxylic acids is 2. The number of nitrogens with zero attached hydrogens (tertiary/aromatic N) is 1. The normalized spacial score (nSPS) is 16.8. The fraction of sp³-hybridized carbons (Fsp3) is 0.0526. The van der Waals surface area contributed by atoms with Gasteiger partial charge in [0, 0.05) is 5.56 Å². The standard InChI is InChI=1S/C19H13NO4S2/c21-11-13-8-6-12(7-9-13)10-15-17(22)20(19(25)26-15)16(18(23)24)14-4-2-1-3-5-14/h1-11,16H,(H,23,24)/b15-10-. The van der Waals surface area contributed by atoms with E-state index in [0.29, 0.717) is 16.0 Å². The molecule has 0 saturated carbocycles. The number of thioether (sulfide) groups is 1. The third kappa shape index (κ3) is 3.58. The number of benzene rings is 2. The third-order valence-corrected chi connectivity index (χ3v) is 5.13. The van der Waals surface area contributed by atoms with Gasteiger partial charge in [0.25, 0.3) is 5.91 Å². The molecule has 1 heterocycles. The molecular formula is C19H13NO4S2. The van der Waals surface area contributed by atoms with Crippen LogP contribution in [0.25, 0.3) is 6.08 Å². The van der Waals surface area contributed by atoms with Crippen LogP contribution in [0.4, 0.5) is 0 Å². The molecule has 3 rings (SSSR count). The van der Waals surface area contributed by atoms with Crippen molar-refractivity contribution in [3.63, 3.8) is 0 Å². The van der Waals surface area contributed by atoms with Gasteiger partial charge in [-0.05, 0) is 17.2 Å². The molecule has 7 heteroatoms. The maximum atomic E-state index is 12.8. The van der Waals surface area contributed by atoms with Crippen molar-refractivity contribution in [3.05, 3.63) is 76.2 Å². The van der Waals surface area contributed by atoms with Crippen LogP contribution in [-0.2, 0) is 9.59 Å². The average Bonchev–Trinajstić information content (AvgIpc) is 2.91. The van der Waals surface area contributed by atoms with Gasteiger partial charge in [-0.3, -0.25) is 14.5 Å². The van der Waals surface area contributed by atoms with Crippen LogP contribution in [0.2, 0.25) is 0 Å². The van der Waals surface area contributed by atoms with Crippen LogP contribution < -0.4 is 0 Å². The number of rotatable bonds is 5. The minimum atomic E-state index is -1.17. The molecule has 1 fully saturated rings. The predicted molar refractivity (Wildman–Crippen MR) is 104 cm³/mol. The van der Waals surface area contributed by atoms with E-state index in [4.69, 9.17) is 12.2 Å². The van der Waals surface area contributed by atoms with Gasteiger partial charge < -0.3 is 5.11 Å². The van der Waals surface area contributed by atoms with Crippen molar-refractivity contribution in [3.8, 4) is 0 Å². The van der Waals surface area contributed by atoms with E-state index < -0.39 is 17.9 Å². The average molecular weight is 383 g/mol. The second kappa shape index (κ2) is 7.63. The Hall–Kier alpha value is -2.77. The summed E-state index contributed by atoms with van der Waals surface area (Å²) in [5.41, 5.74) is 1.74. The molecule has 1 saturated heterocycles. The minimum Gasteiger partial charge on any atom is -0.479 e. The lowest BCUT2D eigenvalue weighted by Crippen LogP contribution is -2.37. The highest BCUT2D eigenvalue weighted by Crippen LogP contribution is 2.38. The molecule has 1 aliphatic rings. The number of aliphatic carboxylic acids is 1. The predicted octanol–water partition coefficient (Wildman–Crippen LogP) is 3.53. The lowest BCUT2D eigenvalue weighted by atomic mass is 10.1. The van der Waals surface area contributed by atoms with Crippen molar-refractivity contribution in [1.29, 1.82) is 0 Å². The van der Waals surface area contributed by atoms with Gasteiger partial charge in [0.05, 0.1) is 4.91 Å². The second-order valence-electron chi connectivity index (χ2n) is 5.49. The van der Waals surface area contributed by atoms with Crippen molar-refractivity contribution < 1.29 is 19.5 Å². The summed E-state index contributed by atoms with van der Waals surface area (Å²) >= 11 is 6.33. The molecule has 130 valence electrons. The van der Waals surface area contributed by atoms with Crippen LogP contribution in [0.5, 0.6) is 0 Å². The van der Waals surface area contributed by atoms with Gasteiger partial charge in [-0.15, -0.1) is 0 Å². The minimum absolute atomic E-state index is 0.196. The molecular weight excluding hydrogens is 370 g/mol. The molecule has 1 unspecified atom stereocenters. The van der Waals surface area contributed by atoms with E-state index in [1.165, 1.54) is 0 Å². The fourth-order valence-corrected chi connectivity index (χ4v) is 3.88. The molecule has 0 aromatic heterocycles. The van der Waals surface area contributed by atoms with Crippen LogP contribution in [0, 0.1) is 0 Å². The molecule has 0 spiro atoms. The Labute approximate surface area is 159 Å². The van der Waals surface area contributed by atoms with E-state index in [1.54, 1.807) is 60.7 Å². The van der Waals surface area contributed by atoms with E-state index in [-0.39, 0.29) is 4.32 Å². The number of carboxylic acids is 1. The molecule has 2 aromatic carbocycles. The highest BCUT2D eigenvalue weighted by Gasteiger charge is 2.41. The number of hydrogen-bond acceptors (Lipinski definition) is 5. The van der Waals surface area contributed by atoms with Crippen molar-refractivity contribution >= 4 is 52.5 Å². The zero-order valence-corrected chi connectivity index (χ0v) is 15.0. The van der Waals surface area contributed by atoms with Gasteiger partial charge in [0.1, 0.15) is 10.6 Å². The molecule has 2 aromatic rings. The quantitative estimate of drug-likeness (QED) is 0.484. The summed E-state index contributed by atoms with van der Waals surface area (Å²) in [6.07, 6.45) is 2.37. The van der Waals surface area contributed by atoms with Gasteiger partial charge in [0.2, 0.25) is 0 Å². The Bertz CT molecular complexity index is 907. The Morgan fingerprint density at radius 1 is 1.08 bits per heavy atom. The summed E-state index contributed by atoms with van der Waals surface area (Å²) in [5.74, 6) is -1.60. The van der Waals surface area contributed by atoms with E-state index in [0.717, 1.165) is 28.5 Å². The van der Waals surface area contributed by atoms with Crippen LogP contribution >= 0.6 is 24.0 Å². The molecule has 0 radical (unpaired) electrons. The SMILES string of the molecule is O=Cc1ccc(/C=C2\SC(=S)N(C(C(=O)O)c3ccccc3)C2=O)cc1. The Kier molecular flexibility index (Phi) is 5.29. The van der Waals surface area contributed by atoms with Gasteiger partial charge >= 0.3 is 5.97 Å². The number of carbonyl (C=O) groups is 3. The molecule has 1 aliphatic heterocycles. The summed E-state index contributed by atoms with van der Waals surface area (Å²) in [7, 11) is 0. The number of thiocarbonyl (C=S) groups is 1. The second-order valence-corrected chi connectivity index (χ2v) is 7.16. The molecule has 1 atom stereocenters. The first-order valence-electron chi connectivity index (χ1n) is 7.61. The van der Waals surface area contributed by atoms with Gasteiger partial charge in [-0.2, -0.15) is 0 Å².